The number of carbonyl (C=O) groups is 1. The first-order valence-electron chi connectivity index (χ1n) is 4.89. The fraction of sp³-hybridized carbons (Fsp3) is 0.0909. The van der Waals surface area contributed by atoms with E-state index < -0.39 is 5.91 Å². The second-order valence-corrected chi connectivity index (χ2v) is 5.87. The van der Waals surface area contributed by atoms with Crippen LogP contribution in [0.2, 0.25) is 0 Å². The number of anilines is 1. The lowest BCUT2D eigenvalue weighted by atomic mass is 10.2. The molecule has 0 bridgehead atoms. The first-order valence-corrected chi connectivity index (χ1v) is 6.50. The van der Waals surface area contributed by atoms with Gasteiger partial charge in [-0.15, -0.1) is 11.3 Å². The highest BCUT2D eigenvalue weighted by Crippen LogP contribution is 2.23. The van der Waals surface area contributed by atoms with Crippen molar-refractivity contribution in [2.75, 3.05) is 5.32 Å². The summed E-state index contributed by atoms with van der Waals surface area (Å²) in [5.41, 5.74) is 5.67. The van der Waals surface area contributed by atoms with Crippen LogP contribution >= 0.6 is 27.3 Å². The van der Waals surface area contributed by atoms with E-state index in [9.17, 15) is 4.79 Å². The number of hydrogen-bond donors (Lipinski definition) is 2. The summed E-state index contributed by atoms with van der Waals surface area (Å²) in [4.78, 5) is 16.4. The molecule has 6 heteroatoms. The maximum atomic E-state index is 11.2. The molecule has 0 aliphatic heterocycles. The van der Waals surface area contributed by atoms with E-state index >= 15 is 0 Å². The molecule has 2 rings (SSSR count). The summed E-state index contributed by atoms with van der Waals surface area (Å²) in [6, 6.07) is 7.33. The van der Waals surface area contributed by atoms with Crippen molar-refractivity contribution in [1.82, 2.24) is 4.98 Å². The van der Waals surface area contributed by atoms with Crippen LogP contribution in [0.4, 0.5) is 5.82 Å². The van der Waals surface area contributed by atoms with Crippen LogP contribution in [0.15, 0.2) is 34.2 Å². The molecule has 1 amide bonds. The van der Waals surface area contributed by atoms with Crippen LogP contribution in [0.25, 0.3) is 0 Å². The zero-order chi connectivity index (χ0) is 12.3. The van der Waals surface area contributed by atoms with Gasteiger partial charge in [0.25, 0.3) is 5.91 Å². The van der Waals surface area contributed by atoms with Crippen LogP contribution in [0.3, 0.4) is 0 Å². The average Bonchev–Trinajstić information content (AvgIpc) is 2.73. The average molecular weight is 312 g/mol. The molecule has 88 valence electrons. The fourth-order valence-corrected chi connectivity index (χ4v) is 2.79. The van der Waals surface area contributed by atoms with Gasteiger partial charge in [-0.2, -0.15) is 0 Å². The molecule has 2 aromatic heterocycles. The van der Waals surface area contributed by atoms with Gasteiger partial charge in [-0.3, -0.25) is 4.79 Å². The van der Waals surface area contributed by atoms with E-state index in [0.717, 1.165) is 8.66 Å². The summed E-state index contributed by atoms with van der Waals surface area (Å²) in [6.45, 7) is 0.619. The molecule has 0 aliphatic rings. The lowest BCUT2D eigenvalue weighted by Crippen LogP contribution is -2.15. The lowest BCUT2D eigenvalue weighted by Gasteiger charge is -2.07. The minimum Gasteiger partial charge on any atom is -0.365 e. The minimum atomic E-state index is -0.479. The molecular weight excluding hydrogens is 302 g/mol. The summed E-state index contributed by atoms with van der Waals surface area (Å²) in [5, 5.41) is 3.10. The van der Waals surface area contributed by atoms with Crippen LogP contribution in [-0.2, 0) is 6.54 Å². The number of carbonyl (C=O) groups excluding carboxylic acids is 1. The molecule has 0 saturated heterocycles. The second-order valence-electron chi connectivity index (χ2n) is 3.32. The zero-order valence-corrected chi connectivity index (χ0v) is 11.2. The van der Waals surface area contributed by atoms with Gasteiger partial charge in [0, 0.05) is 11.1 Å². The quantitative estimate of drug-likeness (QED) is 0.912. The van der Waals surface area contributed by atoms with Crippen LogP contribution in [0.1, 0.15) is 15.2 Å². The molecule has 0 fully saturated rings. The van der Waals surface area contributed by atoms with Crippen molar-refractivity contribution in [3.8, 4) is 0 Å². The number of hydrogen-bond acceptors (Lipinski definition) is 4. The van der Waals surface area contributed by atoms with Gasteiger partial charge in [-0.1, -0.05) is 0 Å². The standard InChI is InChI=1S/C11H10BrN3OS/c12-9-4-3-7(17-9)6-15-11-8(10(13)16)2-1-5-14-11/h1-5H,6H2,(H2,13,16)(H,14,15). The molecule has 17 heavy (non-hydrogen) atoms. The topological polar surface area (TPSA) is 68.0 Å². The van der Waals surface area contributed by atoms with Crippen LogP contribution in [-0.4, -0.2) is 10.9 Å². The van der Waals surface area contributed by atoms with E-state index in [0.29, 0.717) is 17.9 Å². The van der Waals surface area contributed by atoms with Crippen molar-refractivity contribution in [3.05, 3.63) is 44.7 Å². The number of halogens is 1. The van der Waals surface area contributed by atoms with E-state index in [1.165, 1.54) is 0 Å². The van der Waals surface area contributed by atoms with Crippen LogP contribution < -0.4 is 11.1 Å². The highest BCUT2D eigenvalue weighted by molar-refractivity contribution is 9.11. The molecule has 2 aromatic rings. The molecule has 0 unspecified atom stereocenters. The normalized spacial score (nSPS) is 10.2. The van der Waals surface area contributed by atoms with Crippen molar-refractivity contribution in [1.29, 1.82) is 0 Å². The Balaban J connectivity index is 2.11. The molecule has 0 aliphatic carbocycles. The van der Waals surface area contributed by atoms with E-state index in [1.54, 1.807) is 29.7 Å². The van der Waals surface area contributed by atoms with Crippen molar-refractivity contribution in [2.45, 2.75) is 6.54 Å². The minimum absolute atomic E-state index is 0.406. The molecule has 0 radical (unpaired) electrons. The summed E-state index contributed by atoms with van der Waals surface area (Å²) >= 11 is 5.03. The summed E-state index contributed by atoms with van der Waals surface area (Å²) in [5.74, 6) is 0.0393. The second kappa shape index (κ2) is 5.29. The van der Waals surface area contributed by atoms with Gasteiger partial charge >= 0.3 is 0 Å². The maximum absolute atomic E-state index is 11.2. The molecule has 2 heterocycles. The van der Waals surface area contributed by atoms with E-state index in [-0.39, 0.29) is 0 Å². The van der Waals surface area contributed by atoms with Crippen LogP contribution in [0.5, 0.6) is 0 Å². The Bertz CT molecular complexity index is 541. The van der Waals surface area contributed by atoms with Gasteiger partial charge in [-0.25, -0.2) is 4.98 Å². The Morgan fingerprint density at radius 1 is 1.47 bits per heavy atom. The Hall–Kier alpha value is -1.40. The van der Waals surface area contributed by atoms with Gasteiger partial charge in [0.1, 0.15) is 5.82 Å². The molecule has 0 atom stereocenters. The Labute approximate surface area is 111 Å². The number of aromatic nitrogens is 1. The van der Waals surface area contributed by atoms with Crippen molar-refractivity contribution >= 4 is 39.0 Å². The van der Waals surface area contributed by atoms with Gasteiger partial charge in [0.05, 0.1) is 15.9 Å². The summed E-state index contributed by atoms with van der Waals surface area (Å²) in [7, 11) is 0. The number of thiophene rings is 1. The monoisotopic (exact) mass is 311 g/mol. The van der Waals surface area contributed by atoms with Crippen molar-refractivity contribution in [2.24, 2.45) is 5.73 Å². The molecule has 0 saturated carbocycles. The summed E-state index contributed by atoms with van der Waals surface area (Å²) in [6.07, 6.45) is 1.62. The highest BCUT2D eigenvalue weighted by atomic mass is 79.9. The van der Waals surface area contributed by atoms with E-state index in [1.807, 2.05) is 12.1 Å². The maximum Gasteiger partial charge on any atom is 0.252 e. The predicted molar refractivity (Wildman–Crippen MR) is 72.1 cm³/mol. The predicted octanol–water partition coefficient (Wildman–Crippen LogP) is 2.62. The third-order valence-electron chi connectivity index (χ3n) is 2.13. The Kier molecular flexibility index (Phi) is 3.75. The number of nitrogens with zero attached hydrogens (tertiary/aromatic N) is 1. The molecule has 0 aromatic carbocycles. The molecule has 3 N–H and O–H groups in total. The largest absolute Gasteiger partial charge is 0.365 e. The number of amides is 1. The van der Waals surface area contributed by atoms with Gasteiger partial charge in [0.2, 0.25) is 0 Å². The van der Waals surface area contributed by atoms with Crippen LogP contribution in [0, 0.1) is 0 Å². The van der Waals surface area contributed by atoms with Gasteiger partial charge < -0.3 is 11.1 Å². The Morgan fingerprint density at radius 2 is 2.29 bits per heavy atom. The molecule has 4 nitrogen and oxygen atoms in total. The van der Waals surface area contributed by atoms with Crippen molar-refractivity contribution in [3.63, 3.8) is 0 Å². The SMILES string of the molecule is NC(=O)c1cccnc1NCc1ccc(Br)s1. The number of nitrogens with one attached hydrogen (secondary N) is 1. The van der Waals surface area contributed by atoms with E-state index in [4.69, 9.17) is 5.73 Å². The number of primary amides is 1. The Morgan fingerprint density at radius 3 is 2.94 bits per heavy atom. The summed E-state index contributed by atoms with van der Waals surface area (Å²) < 4.78 is 1.07. The molecule has 0 spiro atoms. The lowest BCUT2D eigenvalue weighted by molar-refractivity contribution is 0.100. The third kappa shape index (κ3) is 3.04. The van der Waals surface area contributed by atoms with Crippen molar-refractivity contribution < 1.29 is 4.79 Å². The van der Waals surface area contributed by atoms with Gasteiger partial charge in [-0.05, 0) is 40.2 Å². The third-order valence-corrected chi connectivity index (χ3v) is 3.76. The number of nitrogens with two attached hydrogens (primary N) is 1. The zero-order valence-electron chi connectivity index (χ0n) is 8.81. The highest BCUT2D eigenvalue weighted by Gasteiger charge is 2.08. The number of pyridine rings is 1. The first-order chi connectivity index (χ1) is 8.16. The van der Waals surface area contributed by atoms with Gasteiger partial charge in [0.15, 0.2) is 0 Å². The molecular formula is C11H10BrN3OS. The first kappa shape index (κ1) is 12.1. The fourth-order valence-electron chi connectivity index (χ4n) is 1.36. The number of rotatable bonds is 4. The smallest absolute Gasteiger partial charge is 0.252 e. The van der Waals surface area contributed by atoms with E-state index in [2.05, 4.69) is 26.2 Å².